The van der Waals surface area contributed by atoms with E-state index in [1.807, 2.05) is 28.2 Å². The molecule has 7 heteroatoms. The summed E-state index contributed by atoms with van der Waals surface area (Å²) in [5.74, 6) is 5.34. The first-order valence-corrected chi connectivity index (χ1v) is 8.61. The number of rotatable bonds is 6. The van der Waals surface area contributed by atoms with E-state index in [1.54, 1.807) is 0 Å². The molecule has 0 spiro atoms. The maximum Gasteiger partial charge on any atom is 0.165 e. The van der Waals surface area contributed by atoms with E-state index in [0.717, 1.165) is 25.5 Å². The van der Waals surface area contributed by atoms with Crippen LogP contribution in [0.1, 0.15) is 19.7 Å². The second kappa shape index (κ2) is 7.35. The van der Waals surface area contributed by atoms with Gasteiger partial charge in [-0.2, -0.15) is 23.5 Å². The van der Waals surface area contributed by atoms with Crippen molar-refractivity contribution in [3.8, 4) is 0 Å². The van der Waals surface area contributed by atoms with E-state index in [2.05, 4.69) is 34.7 Å². The standard InChI is InChI=1S/C11H21N5S2/c1-9(2)5-12-6-11-13-14-15-16(11)7-10-8-17-3-4-18-10/h9-10,12H,3-8H2,1-2H3. The van der Waals surface area contributed by atoms with Gasteiger partial charge in [0, 0.05) is 22.5 Å². The zero-order valence-corrected chi connectivity index (χ0v) is 12.6. The largest absolute Gasteiger partial charge is 0.310 e. The summed E-state index contributed by atoms with van der Waals surface area (Å²) < 4.78 is 1.96. The maximum absolute atomic E-state index is 4.10. The average molecular weight is 287 g/mol. The fraction of sp³-hybridized carbons (Fsp3) is 0.909. The summed E-state index contributed by atoms with van der Waals surface area (Å²) in [6.45, 7) is 7.09. The molecule has 1 aliphatic heterocycles. The fourth-order valence-electron chi connectivity index (χ4n) is 1.80. The molecular formula is C11H21N5S2. The summed E-state index contributed by atoms with van der Waals surface area (Å²) in [7, 11) is 0. The smallest absolute Gasteiger partial charge is 0.165 e. The molecule has 1 aliphatic rings. The Kier molecular flexibility index (Phi) is 5.78. The second-order valence-corrected chi connectivity index (χ2v) is 7.43. The van der Waals surface area contributed by atoms with Crippen molar-refractivity contribution in [2.75, 3.05) is 23.8 Å². The second-order valence-electron chi connectivity index (χ2n) is 4.87. The highest BCUT2D eigenvalue weighted by Crippen LogP contribution is 2.25. The van der Waals surface area contributed by atoms with Gasteiger partial charge in [-0.1, -0.05) is 13.8 Å². The molecule has 0 radical (unpaired) electrons. The molecule has 18 heavy (non-hydrogen) atoms. The highest BCUT2D eigenvalue weighted by Gasteiger charge is 2.17. The first kappa shape index (κ1) is 14.1. The summed E-state index contributed by atoms with van der Waals surface area (Å²) in [6.07, 6.45) is 0. The average Bonchev–Trinajstić information content (AvgIpc) is 2.78. The Labute approximate surface area is 117 Å². The van der Waals surface area contributed by atoms with Crippen LogP contribution in [-0.2, 0) is 13.1 Å². The van der Waals surface area contributed by atoms with E-state index < -0.39 is 0 Å². The monoisotopic (exact) mass is 287 g/mol. The van der Waals surface area contributed by atoms with Gasteiger partial charge in [-0.3, -0.25) is 0 Å². The summed E-state index contributed by atoms with van der Waals surface area (Å²) in [6, 6.07) is 0. The van der Waals surface area contributed by atoms with Gasteiger partial charge >= 0.3 is 0 Å². The Bertz CT molecular complexity index is 349. The van der Waals surface area contributed by atoms with Crippen molar-refractivity contribution in [3.05, 3.63) is 5.82 Å². The van der Waals surface area contributed by atoms with Crippen molar-refractivity contribution in [2.24, 2.45) is 5.92 Å². The van der Waals surface area contributed by atoms with Gasteiger partial charge in [0.1, 0.15) is 0 Å². The zero-order chi connectivity index (χ0) is 12.8. The van der Waals surface area contributed by atoms with Gasteiger partial charge in [0.15, 0.2) is 5.82 Å². The van der Waals surface area contributed by atoms with Gasteiger partial charge in [-0.25, -0.2) is 4.68 Å². The summed E-state index contributed by atoms with van der Waals surface area (Å²) in [5, 5.41) is 16.0. The van der Waals surface area contributed by atoms with Crippen LogP contribution < -0.4 is 5.32 Å². The molecule has 2 rings (SSSR count). The highest BCUT2D eigenvalue weighted by molar-refractivity contribution is 8.06. The predicted octanol–water partition coefficient (Wildman–Crippen LogP) is 1.27. The van der Waals surface area contributed by atoms with E-state index in [-0.39, 0.29) is 0 Å². The number of hydrogen-bond donors (Lipinski definition) is 1. The minimum absolute atomic E-state index is 0.649. The molecule has 1 N–H and O–H groups in total. The highest BCUT2D eigenvalue weighted by atomic mass is 32.2. The zero-order valence-electron chi connectivity index (χ0n) is 11.0. The minimum Gasteiger partial charge on any atom is -0.310 e. The lowest BCUT2D eigenvalue weighted by Crippen LogP contribution is -2.25. The molecule has 1 fully saturated rings. The van der Waals surface area contributed by atoms with E-state index >= 15 is 0 Å². The predicted molar refractivity (Wildman–Crippen MR) is 77.9 cm³/mol. The third-order valence-electron chi connectivity index (χ3n) is 2.70. The quantitative estimate of drug-likeness (QED) is 0.850. The van der Waals surface area contributed by atoms with Crippen LogP contribution in [0.15, 0.2) is 0 Å². The molecule has 1 atom stereocenters. The van der Waals surface area contributed by atoms with Gasteiger partial charge < -0.3 is 5.32 Å². The van der Waals surface area contributed by atoms with E-state index in [4.69, 9.17) is 0 Å². The molecule has 102 valence electrons. The van der Waals surface area contributed by atoms with Crippen LogP contribution in [0, 0.1) is 5.92 Å². The normalized spacial score (nSPS) is 20.5. The minimum atomic E-state index is 0.649. The molecule has 1 saturated heterocycles. The third kappa shape index (κ3) is 4.44. The Morgan fingerprint density at radius 2 is 2.33 bits per heavy atom. The lowest BCUT2D eigenvalue weighted by molar-refractivity contribution is 0.509. The molecule has 1 unspecified atom stereocenters. The number of aromatic nitrogens is 4. The Balaban J connectivity index is 1.82. The molecule has 0 aromatic carbocycles. The van der Waals surface area contributed by atoms with Crippen LogP contribution in [0.3, 0.4) is 0 Å². The Morgan fingerprint density at radius 1 is 1.44 bits per heavy atom. The topological polar surface area (TPSA) is 55.6 Å². The van der Waals surface area contributed by atoms with Crippen molar-refractivity contribution in [2.45, 2.75) is 32.2 Å². The summed E-state index contributed by atoms with van der Waals surface area (Å²) in [4.78, 5) is 0. The van der Waals surface area contributed by atoms with Crippen LogP contribution in [0.5, 0.6) is 0 Å². The SMILES string of the molecule is CC(C)CNCc1nnnn1CC1CSCCS1. The van der Waals surface area contributed by atoms with Gasteiger partial charge in [0.05, 0.1) is 13.1 Å². The first-order valence-electron chi connectivity index (χ1n) is 6.41. The molecule has 0 amide bonds. The molecule has 0 saturated carbocycles. The Morgan fingerprint density at radius 3 is 3.06 bits per heavy atom. The molecule has 0 bridgehead atoms. The number of hydrogen-bond acceptors (Lipinski definition) is 6. The molecule has 1 aromatic heterocycles. The lowest BCUT2D eigenvalue weighted by atomic mass is 10.2. The van der Waals surface area contributed by atoms with E-state index in [0.29, 0.717) is 11.2 Å². The van der Waals surface area contributed by atoms with Crippen molar-refractivity contribution in [3.63, 3.8) is 0 Å². The molecular weight excluding hydrogens is 266 g/mol. The Hall–Kier alpha value is -0.270. The summed E-state index contributed by atoms with van der Waals surface area (Å²) >= 11 is 4.08. The number of nitrogens with one attached hydrogen (secondary N) is 1. The number of nitrogens with zero attached hydrogens (tertiary/aromatic N) is 4. The van der Waals surface area contributed by atoms with Crippen molar-refractivity contribution in [1.29, 1.82) is 0 Å². The van der Waals surface area contributed by atoms with E-state index in [9.17, 15) is 0 Å². The van der Waals surface area contributed by atoms with Crippen LogP contribution in [-0.4, -0.2) is 49.3 Å². The summed E-state index contributed by atoms with van der Waals surface area (Å²) in [5.41, 5.74) is 0. The van der Waals surface area contributed by atoms with Crippen LogP contribution >= 0.6 is 23.5 Å². The van der Waals surface area contributed by atoms with Gasteiger partial charge in [-0.15, -0.1) is 5.10 Å². The lowest BCUT2D eigenvalue weighted by Gasteiger charge is -2.20. The molecule has 2 heterocycles. The van der Waals surface area contributed by atoms with Crippen molar-refractivity contribution in [1.82, 2.24) is 25.5 Å². The first-order chi connectivity index (χ1) is 8.75. The maximum atomic E-state index is 4.10. The van der Waals surface area contributed by atoms with Crippen molar-refractivity contribution < 1.29 is 0 Å². The van der Waals surface area contributed by atoms with Gasteiger partial charge in [-0.05, 0) is 22.9 Å². The fourth-order valence-corrected chi connectivity index (χ4v) is 4.44. The molecule has 1 aromatic rings. The third-order valence-corrected chi connectivity index (χ3v) is 5.53. The van der Waals surface area contributed by atoms with Crippen LogP contribution in [0.2, 0.25) is 0 Å². The number of tetrazole rings is 1. The van der Waals surface area contributed by atoms with E-state index in [1.165, 1.54) is 17.3 Å². The molecule has 0 aliphatic carbocycles. The number of thioether (sulfide) groups is 2. The van der Waals surface area contributed by atoms with Gasteiger partial charge in [0.25, 0.3) is 0 Å². The van der Waals surface area contributed by atoms with Crippen LogP contribution in [0.25, 0.3) is 0 Å². The van der Waals surface area contributed by atoms with Gasteiger partial charge in [0.2, 0.25) is 0 Å². The molecule has 5 nitrogen and oxygen atoms in total. The van der Waals surface area contributed by atoms with Crippen molar-refractivity contribution >= 4 is 23.5 Å². The van der Waals surface area contributed by atoms with Crippen LogP contribution in [0.4, 0.5) is 0 Å².